The Hall–Kier alpha value is -7.42. The predicted molar refractivity (Wildman–Crippen MR) is 239 cm³/mol. The maximum Gasteiger partial charge on any atom is 0.0702 e. The molecule has 57 heavy (non-hydrogen) atoms. The van der Waals surface area contributed by atoms with Crippen molar-refractivity contribution >= 4 is 43.6 Å². The van der Waals surface area contributed by atoms with Crippen LogP contribution in [0.1, 0.15) is 22.3 Å². The standard InChI is InChI=1S/C55H38N2/c1-5-19-40(20-6-1)55(41-21-7-2-8-22-41,42-23-9-3-10-24-42)43-25-17-28-45(38-43)57-50-32-15-13-29-47(50)49-37-39(35-36-52(49)57)46-31-18-34-53-54(46)48-30-14-16-33-51(48)56(53)44-26-11-4-12-27-44/h1-38H. The molecule has 0 fully saturated rings. The molecule has 0 aliphatic heterocycles. The highest BCUT2D eigenvalue weighted by atomic mass is 15.0. The van der Waals surface area contributed by atoms with E-state index in [0.29, 0.717) is 0 Å². The van der Waals surface area contributed by atoms with Crippen LogP contribution in [0.5, 0.6) is 0 Å². The lowest BCUT2D eigenvalue weighted by Gasteiger charge is -2.37. The summed E-state index contributed by atoms with van der Waals surface area (Å²) in [5.74, 6) is 0. The number of hydrogen-bond acceptors (Lipinski definition) is 0. The van der Waals surface area contributed by atoms with E-state index in [1.54, 1.807) is 0 Å². The topological polar surface area (TPSA) is 9.86 Å². The van der Waals surface area contributed by atoms with E-state index in [2.05, 4.69) is 240 Å². The zero-order valence-electron chi connectivity index (χ0n) is 31.3. The minimum Gasteiger partial charge on any atom is -0.309 e. The normalized spacial score (nSPS) is 11.9. The van der Waals surface area contributed by atoms with Crippen molar-refractivity contribution in [3.05, 3.63) is 253 Å². The van der Waals surface area contributed by atoms with Gasteiger partial charge in [-0.15, -0.1) is 0 Å². The summed E-state index contributed by atoms with van der Waals surface area (Å²) >= 11 is 0. The van der Waals surface area contributed by atoms with Gasteiger partial charge in [-0.3, -0.25) is 0 Å². The smallest absolute Gasteiger partial charge is 0.0702 e. The molecule has 0 aliphatic carbocycles. The minimum absolute atomic E-state index is 0.538. The molecule has 2 heterocycles. The van der Waals surface area contributed by atoms with Crippen molar-refractivity contribution in [3.63, 3.8) is 0 Å². The van der Waals surface area contributed by atoms with Crippen LogP contribution in [0.4, 0.5) is 0 Å². The van der Waals surface area contributed by atoms with Crippen LogP contribution in [0.2, 0.25) is 0 Å². The summed E-state index contributed by atoms with van der Waals surface area (Å²) < 4.78 is 4.84. The lowest BCUT2D eigenvalue weighted by Crippen LogP contribution is -2.31. The maximum atomic E-state index is 2.45. The number of nitrogens with zero attached hydrogens (tertiary/aromatic N) is 2. The number of fused-ring (bicyclic) bond motifs is 6. The SMILES string of the molecule is c1ccc(-n2c3ccccc3c3c(-c4ccc5c(c4)c4ccccc4n5-c4cccc(C(c5ccccc5)(c5ccccc5)c5ccccc5)c4)cccc32)cc1. The van der Waals surface area contributed by atoms with Crippen molar-refractivity contribution in [1.29, 1.82) is 0 Å². The molecule has 0 N–H and O–H groups in total. The zero-order chi connectivity index (χ0) is 37.8. The quantitative estimate of drug-likeness (QED) is 0.145. The number of benzene rings is 9. The van der Waals surface area contributed by atoms with Crippen LogP contribution in [0, 0.1) is 0 Å². The Morgan fingerprint density at radius 3 is 1.39 bits per heavy atom. The van der Waals surface area contributed by atoms with Crippen molar-refractivity contribution in [1.82, 2.24) is 9.13 Å². The van der Waals surface area contributed by atoms with Gasteiger partial charge in [0.1, 0.15) is 0 Å². The Bertz CT molecular complexity index is 3110. The van der Waals surface area contributed by atoms with Crippen molar-refractivity contribution in [2.24, 2.45) is 0 Å². The van der Waals surface area contributed by atoms with Gasteiger partial charge in [-0.05, 0) is 88.0 Å². The first-order valence-electron chi connectivity index (χ1n) is 19.7. The molecule has 0 bridgehead atoms. The first-order valence-corrected chi connectivity index (χ1v) is 19.7. The van der Waals surface area contributed by atoms with E-state index in [-0.39, 0.29) is 0 Å². The molecule has 0 saturated carbocycles. The first kappa shape index (κ1) is 33.0. The lowest BCUT2D eigenvalue weighted by atomic mass is 9.65. The molecule has 0 spiro atoms. The van der Waals surface area contributed by atoms with Gasteiger partial charge in [0, 0.05) is 32.9 Å². The van der Waals surface area contributed by atoms with E-state index in [1.807, 2.05) is 0 Å². The molecule has 11 rings (SSSR count). The summed E-state index contributed by atoms with van der Waals surface area (Å²) in [6, 6.07) is 84.2. The Morgan fingerprint density at radius 2 is 0.737 bits per heavy atom. The molecule has 0 saturated heterocycles. The summed E-state index contributed by atoms with van der Waals surface area (Å²) in [7, 11) is 0. The van der Waals surface area contributed by atoms with E-state index in [0.717, 1.165) is 11.4 Å². The Balaban J connectivity index is 1.14. The molecule has 0 unspecified atom stereocenters. The Kier molecular flexibility index (Phi) is 7.75. The highest BCUT2D eigenvalue weighted by Crippen LogP contribution is 2.46. The molecule has 0 atom stereocenters. The number of aromatic nitrogens is 2. The molecule has 2 nitrogen and oxygen atoms in total. The highest BCUT2D eigenvalue weighted by molar-refractivity contribution is 6.17. The van der Waals surface area contributed by atoms with Gasteiger partial charge in [0.25, 0.3) is 0 Å². The Morgan fingerprint density at radius 1 is 0.281 bits per heavy atom. The number of para-hydroxylation sites is 3. The van der Waals surface area contributed by atoms with E-state index < -0.39 is 5.41 Å². The fraction of sp³-hybridized carbons (Fsp3) is 0.0182. The highest BCUT2D eigenvalue weighted by Gasteiger charge is 2.38. The van der Waals surface area contributed by atoms with Crippen LogP contribution in [-0.4, -0.2) is 9.13 Å². The van der Waals surface area contributed by atoms with Gasteiger partial charge in [0.2, 0.25) is 0 Å². The van der Waals surface area contributed by atoms with Crippen molar-refractivity contribution in [2.75, 3.05) is 0 Å². The van der Waals surface area contributed by atoms with Crippen LogP contribution in [-0.2, 0) is 5.41 Å². The molecule has 0 radical (unpaired) electrons. The second-order valence-corrected chi connectivity index (χ2v) is 14.9. The predicted octanol–water partition coefficient (Wildman–Crippen LogP) is 13.9. The summed E-state index contributed by atoms with van der Waals surface area (Å²) in [5, 5.41) is 4.99. The van der Waals surface area contributed by atoms with Crippen molar-refractivity contribution < 1.29 is 0 Å². The van der Waals surface area contributed by atoms with Gasteiger partial charge < -0.3 is 9.13 Å². The average Bonchev–Trinajstić information content (AvgIpc) is 3.81. The van der Waals surface area contributed by atoms with Crippen LogP contribution in [0.25, 0.3) is 66.1 Å². The molecule has 9 aromatic carbocycles. The maximum absolute atomic E-state index is 2.45. The van der Waals surface area contributed by atoms with Gasteiger partial charge in [-0.1, -0.05) is 176 Å². The second-order valence-electron chi connectivity index (χ2n) is 14.9. The van der Waals surface area contributed by atoms with Gasteiger partial charge >= 0.3 is 0 Å². The van der Waals surface area contributed by atoms with E-state index >= 15 is 0 Å². The summed E-state index contributed by atoms with van der Waals surface area (Å²) in [4.78, 5) is 0. The third-order valence-electron chi connectivity index (χ3n) is 11.9. The number of hydrogen-bond donors (Lipinski definition) is 0. The van der Waals surface area contributed by atoms with Gasteiger partial charge in [-0.2, -0.15) is 0 Å². The van der Waals surface area contributed by atoms with Gasteiger partial charge in [0.05, 0.1) is 27.5 Å². The zero-order valence-corrected chi connectivity index (χ0v) is 31.3. The first-order chi connectivity index (χ1) is 28.3. The Labute approximate surface area is 332 Å². The summed E-state index contributed by atoms with van der Waals surface area (Å²) in [5.41, 5.74) is 13.9. The number of rotatable bonds is 7. The van der Waals surface area contributed by atoms with Crippen LogP contribution in [0.15, 0.2) is 231 Å². The second kappa shape index (κ2) is 13.4. The molecule has 2 aromatic heterocycles. The van der Waals surface area contributed by atoms with Crippen LogP contribution >= 0.6 is 0 Å². The van der Waals surface area contributed by atoms with Crippen molar-refractivity contribution in [3.8, 4) is 22.5 Å². The molecule has 11 aromatic rings. The third kappa shape index (κ3) is 5.11. The summed E-state index contributed by atoms with van der Waals surface area (Å²) in [6.45, 7) is 0. The molecular formula is C55H38N2. The largest absolute Gasteiger partial charge is 0.309 e. The molecule has 0 amide bonds. The fourth-order valence-electron chi connectivity index (χ4n) is 9.48. The van der Waals surface area contributed by atoms with E-state index in [4.69, 9.17) is 0 Å². The summed E-state index contributed by atoms with van der Waals surface area (Å²) in [6.07, 6.45) is 0. The van der Waals surface area contributed by atoms with Crippen LogP contribution in [0.3, 0.4) is 0 Å². The van der Waals surface area contributed by atoms with E-state index in [1.165, 1.54) is 77.0 Å². The van der Waals surface area contributed by atoms with Crippen molar-refractivity contribution in [2.45, 2.75) is 5.41 Å². The van der Waals surface area contributed by atoms with Gasteiger partial charge in [0.15, 0.2) is 0 Å². The molecule has 0 aliphatic rings. The molecular weight excluding hydrogens is 689 g/mol. The van der Waals surface area contributed by atoms with Crippen LogP contribution < -0.4 is 0 Å². The molecule has 2 heteroatoms. The molecule has 268 valence electrons. The lowest BCUT2D eigenvalue weighted by molar-refractivity contribution is 0.744. The minimum atomic E-state index is -0.538. The average molecular weight is 727 g/mol. The monoisotopic (exact) mass is 726 g/mol. The van der Waals surface area contributed by atoms with Gasteiger partial charge in [-0.25, -0.2) is 0 Å². The van der Waals surface area contributed by atoms with E-state index in [9.17, 15) is 0 Å². The fourth-order valence-corrected chi connectivity index (χ4v) is 9.48. The third-order valence-corrected chi connectivity index (χ3v) is 11.9.